The molecule has 3 heterocycles. The Labute approximate surface area is 243 Å². The monoisotopic (exact) mass is 571 g/mol. The van der Waals surface area contributed by atoms with E-state index in [1.54, 1.807) is 12.0 Å². The zero-order valence-corrected chi connectivity index (χ0v) is 25.4. The van der Waals surface area contributed by atoms with Crippen LogP contribution in [-0.4, -0.2) is 103 Å². The fraction of sp³-hybridized carbons (Fsp3) is 0.667. The van der Waals surface area contributed by atoms with E-state index in [-0.39, 0.29) is 34.6 Å². The number of benzene rings is 1. The number of ether oxygens (including phenoxy) is 2. The Morgan fingerprint density at radius 2 is 1.98 bits per heavy atom. The Balaban J connectivity index is 1.44. The lowest BCUT2D eigenvalue weighted by Crippen LogP contribution is -2.62. The number of likely N-dealkylation sites (tertiary alicyclic amines) is 1. The molecule has 0 saturated carbocycles. The first-order valence-electron chi connectivity index (χ1n) is 14.8. The lowest BCUT2D eigenvalue weighted by Gasteiger charge is -2.53. The number of aromatic nitrogens is 3. The van der Waals surface area contributed by atoms with Crippen molar-refractivity contribution in [1.82, 2.24) is 30.3 Å². The number of methoxy groups -OCH3 is 1. The highest BCUT2D eigenvalue weighted by atomic mass is 19.1. The highest BCUT2D eigenvalue weighted by Gasteiger charge is 2.50. The molecule has 1 aromatic carbocycles. The van der Waals surface area contributed by atoms with Crippen molar-refractivity contribution >= 4 is 11.7 Å². The Morgan fingerprint density at radius 3 is 2.66 bits per heavy atom. The molecule has 2 saturated heterocycles. The zero-order valence-electron chi connectivity index (χ0n) is 25.4. The van der Waals surface area contributed by atoms with Crippen molar-refractivity contribution < 1.29 is 18.7 Å². The summed E-state index contributed by atoms with van der Waals surface area (Å²) in [5.74, 6) is 0.833. The Bertz CT molecular complexity index is 1160. The van der Waals surface area contributed by atoms with Crippen LogP contribution in [0.4, 0.5) is 10.2 Å². The fourth-order valence-electron chi connectivity index (χ4n) is 6.21. The highest BCUT2D eigenvalue weighted by molar-refractivity contribution is 5.97. The lowest BCUT2D eigenvalue weighted by molar-refractivity contribution is -0.0332. The van der Waals surface area contributed by atoms with E-state index >= 15 is 0 Å². The van der Waals surface area contributed by atoms with Crippen LogP contribution in [0.5, 0.6) is 11.6 Å². The minimum atomic E-state index is -0.500. The second-order valence-electron chi connectivity index (χ2n) is 11.9. The molecular weight excluding hydrogens is 525 g/mol. The summed E-state index contributed by atoms with van der Waals surface area (Å²) in [5.41, 5.74) is 0.357. The first kappa shape index (κ1) is 31.1. The molecule has 2 aromatic rings. The van der Waals surface area contributed by atoms with Crippen LogP contribution >= 0.6 is 0 Å². The first-order valence-corrected chi connectivity index (χ1v) is 14.8. The maximum absolute atomic E-state index is 14.2. The van der Waals surface area contributed by atoms with Crippen molar-refractivity contribution in [2.24, 2.45) is 11.3 Å². The third-order valence-electron chi connectivity index (χ3n) is 8.33. The van der Waals surface area contributed by atoms with Crippen molar-refractivity contribution in [2.45, 2.75) is 59.5 Å². The molecular formula is C30H46FN7O3. The number of carbonyl (C=O) groups is 1. The molecule has 1 aromatic heterocycles. The maximum Gasteiger partial charge on any atom is 0.282 e. The van der Waals surface area contributed by atoms with Gasteiger partial charge < -0.3 is 24.6 Å². The van der Waals surface area contributed by atoms with E-state index in [1.165, 1.54) is 24.5 Å². The largest absolute Gasteiger partial charge is 0.434 e. The van der Waals surface area contributed by atoms with E-state index in [0.717, 1.165) is 58.7 Å². The van der Waals surface area contributed by atoms with Crippen LogP contribution < -0.4 is 15.0 Å². The smallest absolute Gasteiger partial charge is 0.282 e. The highest BCUT2D eigenvalue weighted by Crippen LogP contribution is 2.44. The van der Waals surface area contributed by atoms with E-state index < -0.39 is 5.82 Å². The summed E-state index contributed by atoms with van der Waals surface area (Å²) in [6.45, 7) is 17.2. The van der Waals surface area contributed by atoms with Gasteiger partial charge in [0.2, 0.25) is 0 Å². The van der Waals surface area contributed by atoms with Crippen LogP contribution in [0.2, 0.25) is 0 Å². The van der Waals surface area contributed by atoms with E-state index in [4.69, 9.17) is 9.47 Å². The molecule has 0 bridgehead atoms. The average Bonchev–Trinajstić information content (AvgIpc) is 3.37. The summed E-state index contributed by atoms with van der Waals surface area (Å²) in [6.07, 6.45) is 3.59. The maximum atomic E-state index is 14.2. The Kier molecular flexibility index (Phi) is 10.5. The van der Waals surface area contributed by atoms with Crippen LogP contribution in [0.1, 0.15) is 57.8 Å². The number of nitrogens with zero attached hydrogens (tertiary/aromatic N) is 6. The topological polar surface area (TPSA) is 96.0 Å². The van der Waals surface area contributed by atoms with Gasteiger partial charge in [0.15, 0.2) is 5.82 Å². The second-order valence-corrected chi connectivity index (χ2v) is 11.9. The molecule has 4 rings (SSSR count). The first-order chi connectivity index (χ1) is 19.7. The standard InChI is InChI=1S/C30H46FN7O3/c1-7-38(22(4)5)29(39)24-16-23(31)8-9-26(24)41-28-27(33-20-34-35-28)36-14-11-30(17-36)18-37(19-30)25(21(2)3)10-12-32-13-15-40-6/h8-9,16,20-22,25,32H,7,10-15,17-19H2,1-6H3. The van der Waals surface area contributed by atoms with Crippen molar-refractivity contribution in [2.75, 3.05) is 64.4 Å². The molecule has 1 spiro atoms. The molecule has 2 aliphatic rings. The summed E-state index contributed by atoms with van der Waals surface area (Å²) in [7, 11) is 1.73. The minimum Gasteiger partial charge on any atom is -0.434 e. The van der Waals surface area contributed by atoms with Gasteiger partial charge in [0.05, 0.1) is 12.2 Å². The molecule has 1 unspecified atom stereocenters. The molecule has 11 heteroatoms. The van der Waals surface area contributed by atoms with Gasteiger partial charge in [-0.1, -0.05) is 13.8 Å². The second kappa shape index (κ2) is 13.8. The van der Waals surface area contributed by atoms with Gasteiger partial charge >= 0.3 is 0 Å². The van der Waals surface area contributed by atoms with Gasteiger partial charge in [-0.05, 0) is 64.3 Å². The Hall–Kier alpha value is -2.89. The number of carbonyl (C=O) groups excluding carboxylic acids is 1. The van der Waals surface area contributed by atoms with Crippen molar-refractivity contribution in [3.05, 3.63) is 35.9 Å². The SMILES string of the molecule is CCN(C(=O)c1cc(F)ccc1Oc1nncnc1N1CCC2(C1)CN(C(CCNCCOC)C(C)C)C2)C(C)C. The minimum absolute atomic E-state index is 0.0394. The van der Waals surface area contributed by atoms with Crippen LogP contribution in [0.15, 0.2) is 24.5 Å². The Morgan fingerprint density at radius 1 is 1.20 bits per heavy atom. The average molecular weight is 572 g/mol. The van der Waals surface area contributed by atoms with Gasteiger partial charge in [-0.3, -0.25) is 9.69 Å². The van der Waals surface area contributed by atoms with E-state index in [0.29, 0.717) is 24.3 Å². The summed E-state index contributed by atoms with van der Waals surface area (Å²) in [4.78, 5) is 24.3. The van der Waals surface area contributed by atoms with E-state index in [1.807, 2.05) is 20.8 Å². The number of rotatable bonds is 14. The van der Waals surface area contributed by atoms with Gasteiger partial charge in [0.25, 0.3) is 11.8 Å². The van der Waals surface area contributed by atoms with Gasteiger partial charge in [0.1, 0.15) is 17.9 Å². The van der Waals surface area contributed by atoms with Crippen LogP contribution in [0, 0.1) is 17.2 Å². The molecule has 1 amide bonds. The molecule has 41 heavy (non-hydrogen) atoms. The lowest BCUT2D eigenvalue weighted by atomic mass is 9.76. The zero-order chi connectivity index (χ0) is 29.6. The van der Waals surface area contributed by atoms with Crippen LogP contribution in [0.3, 0.4) is 0 Å². The number of hydrogen-bond donors (Lipinski definition) is 1. The van der Waals surface area contributed by atoms with Crippen molar-refractivity contribution in [1.29, 1.82) is 0 Å². The predicted octanol–water partition coefficient (Wildman–Crippen LogP) is 3.84. The number of amides is 1. The van der Waals surface area contributed by atoms with Crippen LogP contribution in [-0.2, 0) is 4.74 Å². The van der Waals surface area contributed by atoms with Crippen LogP contribution in [0.25, 0.3) is 0 Å². The number of halogens is 1. The summed E-state index contributed by atoms with van der Waals surface area (Å²) < 4.78 is 25.5. The molecule has 0 radical (unpaired) electrons. The van der Waals surface area contributed by atoms with Gasteiger partial charge in [-0.25, -0.2) is 9.37 Å². The fourth-order valence-corrected chi connectivity index (χ4v) is 6.21. The van der Waals surface area contributed by atoms with Crippen molar-refractivity contribution in [3.63, 3.8) is 0 Å². The number of anilines is 1. The predicted molar refractivity (Wildman–Crippen MR) is 157 cm³/mol. The van der Waals surface area contributed by atoms with E-state index in [9.17, 15) is 9.18 Å². The normalized spacial score (nSPS) is 17.3. The quantitative estimate of drug-likeness (QED) is 0.339. The van der Waals surface area contributed by atoms with Gasteiger partial charge in [-0.2, -0.15) is 0 Å². The molecule has 0 aliphatic carbocycles. The van der Waals surface area contributed by atoms with E-state index in [2.05, 4.69) is 44.1 Å². The molecule has 2 aliphatic heterocycles. The molecule has 10 nitrogen and oxygen atoms in total. The van der Waals surface area contributed by atoms with Crippen molar-refractivity contribution in [3.8, 4) is 11.6 Å². The molecule has 2 fully saturated rings. The van der Waals surface area contributed by atoms with Gasteiger partial charge in [0, 0.05) is 63.9 Å². The number of nitrogens with one attached hydrogen (secondary N) is 1. The molecule has 1 N–H and O–H groups in total. The molecule has 1 atom stereocenters. The van der Waals surface area contributed by atoms with Gasteiger partial charge in [-0.15, -0.1) is 10.2 Å². The summed E-state index contributed by atoms with van der Waals surface area (Å²) >= 11 is 0. The number of hydrogen-bond acceptors (Lipinski definition) is 9. The summed E-state index contributed by atoms with van der Waals surface area (Å²) in [6, 6.07) is 4.47. The third kappa shape index (κ3) is 7.31. The third-order valence-corrected chi connectivity index (χ3v) is 8.33. The molecule has 226 valence electrons. The summed E-state index contributed by atoms with van der Waals surface area (Å²) in [5, 5.41) is 11.7.